The van der Waals surface area contributed by atoms with E-state index in [-0.39, 0.29) is 30.4 Å². The topological polar surface area (TPSA) is 64.2 Å². The molecule has 0 aliphatic carbocycles. The van der Waals surface area contributed by atoms with Gasteiger partial charge in [-0.05, 0) is 51.3 Å². The molecular formula is C20H25ClN4OS. The molecule has 0 spiro atoms. The number of nitrogens with two attached hydrogens (primary N) is 1. The van der Waals surface area contributed by atoms with Gasteiger partial charge in [-0.1, -0.05) is 18.2 Å². The summed E-state index contributed by atoms with van der Waals surface area (Å²) in [5.41, 5.74) is 8.11. The number of benzene rings is 1. The Morgan fingerprint density at radius 3 is 2.74 bits per heavy atom. The van der Waals surface area contributed by atoms with Gasteiger partial charge in [-0.25, -0.2) is 4.68 Å². The number of hydrogen-bond donors (Lipinski definition) is 1. The molecule has 2 aromatic heterocycles. The number of aromatic nitrogens is 2. The van der Waals surface area contributed by atoms with Crippen LogP contribution in [0.3, 0.4) is 0 Å². The highest BCUT2D eigenvalue weighted by Crippen LogP contribution is 2.32. The predicted molar refractivity (Wildman–Crippen MR) is 113 cm³/mol. The molecule has 7 heteroatoms. The molecule has 5 nitrogen and oxygen atoms in total. The molecule has 144 valence electrons. The average Bonchev–Trinajstić information content (AvgIpc) is 3.22. The minimum atomic E-state index is -0.00447. The summed E-state index contributed by atoms with van der Waals surface area (Å²) >= 11 is 1.52. The molecule has 1 aliphatic rings. The number of rotatable bonds is 3. The zero-order chi connectivity index (χ0) is 18.3. The molecular weight excluding hydrogens is 380 g/mol. The lowest BCUT2D eigenvalue weighted by molar-refractivity contribution is 0.0589. The summed E-state index contributed by atoms with van der Waals surface area (Å²) < 4.78 is 1.94. The Bertz CT molecular complexity index is 934. The summed E-state index contributed by atoms with van der Waals surface area (Å²) in [5.74, 6) is 0.104. The van der Waals surface area contributed by atoms with Crippen LogP contribution in [0.4, 0.5) is 0 Å². The van der Waals surface area contributed by atoms with Crippen LogP contribution in [0.15, 0.2) is 36.4 Å². The van der Waals surface area contributed by atoms with Gasteiger partial charge in [0.15, 0.2) is 0 Å². The number of fused-ring (bicyclic) bond motifs is 1. The van der Waals surface area contributed by atoms with Gasteiger partial charge in [0.25, 0.3) is 5.91 Å². The van der Waals surface area contributed by atoms with Crippen LogP contribution in [0.2, 0.25) is 0 Å². The van der Waals surface area contributed by atoms with Crippen LogP contribution in [0.1, 0.15) is 41.6 Å². The van der Waals surface area contributed by atoms with Crippen molar-refractivity contribution in [3.63, 3.8) is 0 Å². The first-order valence-corrected chi connectivity index (χ1v) is 9.99. The fourth-order valence-electron chi connectivity index (χ4n) is 3.79. The molecule has 1 saturated heterocycles. The number of thiophene rings is 1. The highest BCUT2D eigenvalue weighted by Gasteiger charge is 2.31. The Balaban J connectivity index is 0.00000210. The molecule has 0 saturated carbocycles. The summed E-state index contributed by atoms with van der Waals surface area (Å²) in [6.45, 7) is 4.79. The largest absolute Gasteiger partial charge is 0.333 e. The van der Waals surface area contributed by atoms with Gasteiger partial charge in [-0.3, -0.25) is 4.79 Å². The van der Waals surface area contributed by atoms with Gasteiger partial charge in [0, 0.05) is 24.0 Å². The maximum Gasteiger partial charge on any atom is 0.264 e. The third kappa shape index (κ3) is 3.61. The van der Waals surface area contributed by atoms with Crippen molar-refractivity contribution in [2.75, 3.05) is 6.54 Å². The summed E-state index contributed by atoms with van der Waals surface area (Å²) in [4.78, 5) is 17.0. The Kier molecular flexibility index (Phi) is 5.89. The number of carbonyl (C=O) groups is 1. The van der Waals surface area contributed by atoms with E-state index in [1.807, 2.05) is 59.8 Å². The van der Waals surface area contributed by atoms with E-state index >= 15 is 0 Å². The van der Waals surface area contributed by atoms with Crippen molar-refractivity contribution < 1.29 is 4.79 Å². The number of aryl methyl sites for hydroxylation is 1. The molecule has 2 unspecified atom stereocenters. The van der Waals surface area contributed by atoms with Crippen LogP contribution >= 0.6 is 23.7 Å². The Morgan fingerprint density at radius 2 is 2.04 bits per heavy atom. The van der Waals surface area contributed by atoms with E-state index < -0.39 is 0 Å². The summed E-state index contributed by atoms with van der Waals surface area (Å²) in [5, 5.41) is 5.71. The SMILES string of the molecule is Cc1nn(-c2ccccc2)c2sc(C(=O)N3CCCCC3C(C)N)cc12.Cl. The molecule has 0 radical (unpaired) electrons. The monoisotopic (exact) mass is 404 g/mol. The molecule has 2 atom stereocenters. The maximum atomic E-state index is 13.2. The van der Waals surface area contributed by atoms with Gasteiger partial charge in [0.1, 0.15) is 4.83 Å². The summed E-state index contributed by atoms with van der Waals surface area (Å²) in [6, 6.07) is 12.2. The van der Waals surface area contributed by atoms with Crippen molar-refractivity contribution in [3.8, 4) is 5.69 Å². The van der Waals surface area contributed by atoms with Crippen molar-refractivity contribution in [1.82, 2.24) is 14.7 Å². The fourth-order valence-corrected chi connectivity index (χ4v) is 4.93. The van der Waals surface area contributed by atoms with Gasteiger partial charge >= 0.3 is 0 Å². The molecule has 1 amide bonds. The van der Waals surface area contributed by atoms with E-state index in [0.29, 0.717) is 0 Å². The molecule has 1 fully saturated rings. The van der Waals surface area contributed by atoms with Gasteiger partial charge in [0.2, 0.25) is 0 Å². The molecule has 1 aliphatic heterocycles. The first-order chi connectivity index (χ1) is 12.6. The summed E-state index contributed by atoms with van der Waals surface area (Å²) in [7, 11) is 0. The molecule has 1 aromatic carbocycles. The highest BCUT2D eigenvalue weighted by molar-refractivity contribution is 7.20. The molecule has 4 rings (SSSR count). The minimum absolute atomic E-state index is 0. The zero-order valence-corrected chi connectivity index (χ0v) is 17.2. The highest BCUT2D eigenvalue weighted by atomic mass is 35.5. The van der Waals surface area contributed by atoms with Crippen LogP contribution in [-0.4, -0.2) is 39.2 Å². The number of likely N-dealkylation sites (tertiary alicyclic amines) is 1. The van der Waals surface area contributed by atoms with E-state index in [4.69, 9.17) is 5.73 Å². The van der Waals surface area contributed by atoms with Crippen molar-refractivity contribution >= 4 is 39.9 Å². The Hall–Kier alpha value is -1.89. The third-order valence-corrected chi connectivity index (χ3v) is 6.27. The fraction of sp³-hybridized carbons (Fsp3) is 0.400. The lowest BCUT2D eigenvalue weighted by Gasteiger charge is -2.37. The summed E-state index contributed by atoms with van der Waals surface area (Å²) in [6.07, 6.45) is 3.19. The second-order valence-corrected chi connectivity index (χ2v) is 8.11. The molecule has 3 aromatic rings. The Labute approximate surface area is 169 Å². The van der Waals surface area contributed by atoms with E-state index in [1.54, 1.807) is 0 Å². The maximum absolute atomic E-state index is 13.2. The number of piperidine rings is 1. The van der Waals surface area contributed by atoms with E-state index in [0.717, 1.165) is 52.3 Å². The number of halogens is 1. The number of hydrogen-bond acceptors (Lipinski definition) is 4. The standard InChI is InChI=1S/C20H24N4OS.ClH/c1-13(21)17-10-6-7-11-23(17)19(25)18-12-16-14(2)22-24(20(16)26-18)15-8-4-3-5-9-15;/h3-5,8-9,12-13,17H,6-7,10-11,21H2,1-2H3;1H. The quantitative estimate of drug-likeness (QED) is 0.712. The molecule has 27 heavy (non-hydrogen) atoms. The van der Waals surface area contributed by atoms with Gasteiger partial charge in [0.05, 0.1) is 16.3 Å². The second kappa shape index (κ2) is 8.00. The van der Waals surface area contributed by atoms with Gasteiger partial charge in [-0.15, -0.1) is 23.7 Å². The minimum Gasteiger partial charge on any atom is -0.333 e. The van der Waals surface area contributed by atoms with Crippen LogP contribution in [0, 0.1) is 6.92 Å². The lowest BCUT2D eigenvalue weighted by Crippen LogP contribution is -2.51. The Morgan fingerprint density at radius 1 is 1.30 bits per heavy atom. The first-order valence-electron chi connectivity index (χ1n) is 9.17. The number of para-hydroxylation sites is 1. The van der Waals surface area contributed by atoms with Crippen LogP contribution < -0.4 is 5.73 Å². The van der Waals surface area contributed by atoms with Crippen LogP contribution in [0.5, 0.6) is 0 Å². The molecule has 0 bridgehead atoms. The van der Waals surface area contributed by atoms with E-state index in [1.165, 1.54) is 11.3 Å². The normalized spacial score (nSPS) is 18.3. The number of amides is 1. The smallest absolute Gasteiger partial charge is 0.264 e. The molecule has 3 heterocycles. The second-order valence-electron chi connectivity index (χ2n) is 7.08. The van der Waals surface area contributed by atoms with E-state index in [9.17, 15) is 4.79 Å². The van der Waals surface area contributed by atoms with E-state index in [2.05, 4.69) is 5.10 Å². The van der Waals surface area contributed by atoms with Gasteiger partial charge < -0.3 is 10.6 Å². The van der Waals surface area contributed by atoms with Crippen molar-refractivity contribution in [2.24, 2.45) is 5.73 Å². The lowest BCUT2D eigenvalue weighted by atomic mass is 9.97. The predicted octanol–water partition coefficient (Wildman–Crippen LogP) is 4.16. The number of nitrogens with zero attached hydrogens (tertiary/aromatic N) is 3. The van der Waals surface area contributed by atoms with Crippen molar-refractivity contribution in [3.05, 3.63) is 47.0 Å². The average molecular weight is 405 g/mol. The first kappa shape index (κ1) is 19.9. The van der Waals surface area contributed by atoms with Crippen LogP contribution in [0.25, 0.3) is 15.9 Å². The van der Waals surface area contributed by atoms with Crippen LogP contribution in [-0.2, 0) is 0 Å². The van der Waals surface area contributed by atoms with Crippen molar-refractivity contribution in [1.29, 1.82) is 0 Å². The van der Waals surface area contributed by atoms with Crippen molar-refractivity contribution in [2.45, 2.75) is 45.2 Å². The molecule has 2 N–H and O–H groups in total. The van der Waals surface area contributed by atoms with Gasteiger partial charge in [-0.2, -0.15) is 5.10 Å². The third-order valence-electron chi connectivity index (χ3n) is 5.17. The number of carbonyl (C=O) groups excluding carboxylic acids is 1. The zero-order valence-electron chi connectivity index (χ0n) is 15.6.